The van der Waals surface area contributed by atoms with Gasteiger partial charge in [-0.25, -0.2) is 8.42 Å². The third-order valence-electron chi connectivity index (χ3n) is 6.70. The molecule has 4 aromatic carbocycles. The number of aliphatic hydroxyl groups is 1. The van der Waals surface area contributed by atoms with Crippen molar-refractivity contribution in [3.8, 4) is 44.6 Å². The number of hydrogen-bond acceptors (Lipinski definition) is 5. The van der Waals surface area contributed by atoms with Gasteiger partial charge in [0.2, 0.25) is 0 Å². The van der Waals surface area contributed by atoms with Gasteiger partial charge in [0.25, 0.3) is 0 Å². The average Bonchev–Trinajstić information content (AvgIpc) is 3.35. The summed E-state index contributed by atoms with van der Waals surface area (Å²) in [7, 11) is -3.54. The first-order valence-corrected chi connectivity index (χ1v) is 13.6. The molecule has 7 heteroatoms. The first-order chi connectivity index (χ1) is 18.3. The Labute approximate surface area is 240 Å². The molecule has 0 spiro atoms. The molecular weight excluding hydrogens is 687 g/mol. The number of aliphatic hydroxyl groups excluding tert-OH is 1. The number of nitrogens with zero attached hydrogens (tertiary/aromatic N) is 1. The summed E-state index contributed by atoms with van der Waals surface area (Å²) in [5.74, 6) is -0.0625. The van der Waals surface area contributed by atoms with Crippen LogP contribution in [0.3, 0.4) is 0 Å². The molecule has 0 saturated carbocycles. The zero-order valence-corrected chi connectivity index (χ0v) is 24.2. The van der Waals surface area contributed by atoms with E-state index < -0.39 is 9.84 Å². The van der Waals surface area contributed by atoms with Crippen LogP contribution in [0.5, 0.6) is 0 Å². The number of pyridine rings is 1. The molecule has 39 heavy (non-hydrogen) atoms. The molecule has 5 nitrogen and oxygen atoms in total. The summed E-state index contributed by atoms with van der Waals surface area (Å²) < 4.78 is 26.3. The maximum Gasteiger partial charge on any atom is 0.189 e. The van der Waals surface area contributed by atoms with Gasteiger partial charge in [-0.2, -0.15) is 0 Å². The summed E-state index contributed by atoms with van der Waals surface area (Å²) in [5, 5.41) is 9.51. The molecule has 2 heterocycles. The van der Waals surface area contributed by atoms with Crippen molar-refractivity contribution < 1.29 is 38.4 Å². The number of hydrogen-bond donors (Lipinski definition) is 1. The van der Waals surface area contributed by atoms with Crippen molar-refractivity contribution >= 4 is 26.5 Å². The summed E-state index contributed by atoms with van der Waals surface area (Å²) in [6.07, 6.45) is 1.17. The van der Waals surface area contributed by atoms with Crippen molar-refractivity contribution in [2.24, 2.45) is 0 Å². The van der Waals surface area contributed by atoms with Gasteiger partial charge in [-0.15, -0.1) is 23.8 Å². The number of carbonyl (C=O) groups excluding carboxylic acids is 1. The van der Waals surface area contributed by atoms with Crippen LogP contribution in [-0.4, -0.2) is 24.3 Å². The van der Waals surface area contributed by atoms with E-state index in [1.54, 1.807) is 24.3 Å². The molecule has 1 radical (unpaired) electrons. The minimum absolute atomic E-state index is 0. The van der Waals surface area contributed by atoms with Gasteiger partial charge in [0.15, 0.2) is 15.6 Å². The van der Waals surface area contributed by atoms with Crippen molar-refractivity contribution in [3.05, 3.63) is 103 Å². The van der Waals surface area contributed by atoms with E-state index in [-0.39, 0.29) is 31.6 Å². The number of aromatic nitrogens is 1. The van der Waals surface area contributed by atoms with E-state index >= 15 is 0 Å². The SMILES string of the molecule is CC(=O)/C=C(/C)O.O=S1(=O)c2ccccc2-c2c(-c3cc4c5c(cccc5n3)-c3ccccc3-4)[c-]ccc21.[Ir]. The molecule has 1 aromatic heterocycles. The smallest absolute Gasteiger partial charge is 0.189 e. The van der Waals surface area contributed by atoms with Crippen LogP contribution >= 0.6 is 0 Å². The van der Waals surface area contributed by atoms with Crippen molar-refractivity contribution in [1.82, 2.24) is 4.98 Å². The van der Waals surface area contributed by atoms with Crippen molar-refractivity contribution in [2.45, 2.75) is 23.6 Å². The van der Waals surface area contributed by atoms with Crippen molar-refractivity contribution in [1.29, 1.82) is 0 Å². The third-order valence-corrected chi connectivity index (χ3v) is 8.56. The Hall–Kier alpha value is -3.90. The van der Waals surface area contributed by atoms with Gasteiger partial charge in [-0.1, -0.05) is 66.2 Å². The molecule has 7 rings (SSSR count). The number of rotatable bonds is 2. The summed E-state index contributed by atoms with van der Waals surface area (Å²) in [6.45, 7) is 2.85. The zero-order chi connectivity index (χ0) is 26.6. The Morgan fingerprint density at radius 1 is 0.821 bits per heavy atom. The maximum absolute atomic E-state index is 13.1. The fraction of sp³-hybridized carbons (Fsp3) is 0.0625. The van der Waals surface area contributed by atoms with Crippen molar-refractivity contribution in [3.63, 3.8) is 0 Å². The third kappa shape index (κ3) is 4.33. The van der Waals surface area contributed by atoms with E-state index in [0.29, 0.717) is 15.4 Å². The van der Waals surface area contributed by atoms with Crippen LogP contribution in [0.15, 0.2) is 107 Å². The first kappa shape index (κ1) is 26.7. The molecule has 195 valence electrons. The molecule has 0 atom stereocenters. The molecule has 0 bridgehead atoms. The fourth-order valence-electron chi connectivity index (χ4n) is 5.30. The van der Waals surface area contributed by atoms with Gasteiger partial charge < -0.3 is 5.11 Å². The number of allylic oxidation sites excluding steroid dienone is 2. The summed E-state index contributed by atoms with van der Waals surface area (Å²) in [4.78, 5) is 15.7. The van der Waals surface area contributed by atoms with Gasteiger partial charge in [0, 0.05) is 31.6 Å². The molecular formula is C32H22IrNO4S-. The average molecular weight is 709 g/mol. The molecule has 1 aliphatic heterocycles. The molecule has 1 aliphatic carbocycles. The number of benzene rings is 4. The Bertz CT molecular complexity index is 1940. The quantitative estimate of drug-likeness (QED) is 0.117. The summed E-state index contributed by atoms with van der Waals surface area (Å²) >= 11 is 0. The van der Waals surface area contributed by atoms with E-state index in [0.717, 1.165) is 33.3 Å². The van der Waals surface area contributed by atoms with Crippen LogP contribution in [0.2, 0.25) is 0 Å². The summed E-state index contributed by atoms with van der Waals surface area (Å²) in [5.41, 5.74) is 8.48. The van der Waals surface area contributed by atoms with E-state index in [4.69, 9.17) is 10.1 Å². The van der Waals surface area contributed by atoms with Crippen LogP contribution in [-0.2, 0) is 34.7 Å². The van der Waals surface area contributed by atoms with Crippen LogP contribution in [0.1, 0.15) is 13.8 Å². The second-order valence-electron chi connectivity index (χ2n) is 9.29. The fourth-order valence-corrected chi connectivity index (χ4v) is 6.98. The first-order valence-electron chi connectivity index (χ1n) is 12.1. The molecule has 0 unspecified atom stereocenters. The molecule has 0 saturated heterocycles. The van der Waals surface area contributed by atoms with Gasteiger partial charge in [0.05, 0.1) is 16.2 Å². The number of carbonyl (C=O) groups is 1. The molecule has 1 N–H and O–H groups in total. The van der Waals surface area contributed by atoms with Crippen LogP contribution in [0.4, 0.5) is 0 Å². The van der Waals surface area contributed by atoms with E-state index in [1.807, 2.05) is 30.3 Å². The number of sulfone groups is 1. The molecule has 0 amide bonds. The molecule has 5 aromatic rings. The van der Waals surface area contributed by atoms with Gasteiger partial charge in [-0.05, 0) is 64.4 Å². The second kappa shape index (κ2) is 10.0. The minimum atomic E-state index is -3.54. The summed E-state index contributed by atoms with van der Waals surface area (Å²) in [6, 6.07) is 30.4. The normalized spacial score (nSPS) is 13.4. The maximum atomic E-state index is 13.1. The molecule has 0 fully saturated rings. The van der Waals surface area contributed by atoms with E-state index in [2.05, 4.69) is 36.4 Å². The van der Waals surface area contributed by atoms with Crippen molar-refractivity contribution in [2.75, 3.05) is 0 Å². The Kier molecular flexibility index (Phi) is 6.85. The monoisotopic (exact) mass is 709 g/mol. The van der Waals surface area contributed by atoms with Crippen LogP contribution in [0.25, 0.3) is 55.5 Å². The van der Waals surface area contributed by atoms with Gasteiger partial charge >= 0.3 is 0 Å². The Morgan fingerprint density at radius 2 is 1.46 bits per heavy atom. The van der Waals surface area contributed by atoms with E-state index in [9.17, 15) is 13.2 Å². The zero-order valence-electron chi connectivity index (χ0n) is 21.0. The Morgan fingerprint density at radius 3 is 2.13 bits per heavy atom. The predicted octanol–water partition coefficient (Wildman–Crippen LogP) is 7.20. The largest absolute Gasteiger partial charge is 0.512 e. The molecule has 2 aliphatic rings. The predicted molar refractivity (Wildman–Crippen MR) is 148 cm³/mol. The van der Waals surface area contributed by atoms with Crippen LogP contribution in [0, 0.1) is 6.07 Å². The van der Waals surface area contributed by atoms with Gasteiger partial charge in [-0.3, -0.25) is 9.78 Å². The number of ketones is 1. The van der Waals surface area contributed by atoms with E-state index in [1.165, 1.54) is 36.6 Å². The van der Waals surface area contributed by atoms with Gasteiger partial charge in [0.1, 0.15) is 0 Å². The standard InChI is InChI=1S/C27H14NO2S.C5H8O2.Ir/c29-31(30)24-13-4-3-9-20(24)27-19(11-6-14-25(27)31)23-15-21-17-8-2-1-7-16(17)18-10-5-12-22(28-23)26(18)21;1-4(6)3-5(2)7;/h1-10,12-15H;3,6H,1-2H3;/q-1;;/b;4-3-;. The second-order valence-corrected chi connectivity index (χ2v) is 11.2. The topological polar surface area (TPSA) is 84.3 Å². The minimum Gasteiger partial charge on any atom is -0.512 e. The van der Waals surface area contributed by atoms with Crippen LogP contribution < -0.4 is 0 Å². The Balaban J connectivity index is 0.000000345. The number of fused-ring (bicyclic) bond motifs is 6.